The van der Waals surface area contributed by atoms with Crippen molar-refractivity contribution in [3.05, 3.63) is 63.6 Å². The van der Waals surface area contributed by atoms with E-state index in [2.05, 4.69) is 0 Å². The van der Waals surface area contributed by atoms with Gasteiger partial charge in [-0.1, -0.05) is 12.1 Å². The van der Waals surface area contributed by atoms with Crippen LogP contribution in [0.25, 0.3) is 11.0 Å². The minimum absolute atomic E-state index is 0.0391. The molecule has 3 aromatic rings. The zero-order valence-corrected chi connectivity index (χ0v) is 20.0. The molecule has 2 aromatic carbocycles. The van der Waals surface area contributed by atoms with Crippen molar-refractivity contribution in [3.8, 4) is 0 Å². The number of hydrogen-bond donors (Lipinski definition) is 1. The highest BCUT2D eigenvalue weighted by atomic mass is 19.4. The number of imidazole rings is 1. The van der Waals surface area contributed by atoms with E-state index in [1.165, 1.54) is 23.6 Å². The van der Waals surface area contributed by atoms with E-state index in [-0.39, 0.29) is 28.5 Å². The number of aromatic nitrogens is 2. The molecular formula is C25H23F3N4O5. The van der Waals surface area contributed by atoms with Crippen molar-refractivity contribution in [2.24, 2.45) is 13.0 Å². The molecular weight excluding hydrogens is 493 g/mol. The molecule has 1 unspecified atom stereocenters. The lowest BCUT2D eigenvalue weighted by atomic mass is 9.99. The van der Waals surface area contributed by atoms with Gasteiger partial charge in [0.25, 0.3) is 0 Å². The van der Waals surface area contributed by atoms with Crippen molar-refractivity contribution in [2.75, 3.05) is 11.4 Å². The summed E-state index contributed by atoms with van der Waals surface area (Å²) < 4.78 is 43.3. The number of nitrogens with zero attached hydrogens (tertiary/aromatic N) is 4. The van der Waals surface area contributed by atoms with Crippen LogP contribution in [0.2, 0.25) is 0 Å². The van der Waals surface area contributed by atoms with E-state index in [4.69, 9.17) is 0 Å². The number of carboxylic acids is 1. The van der Waals surface area contributed by atoms with Crippen molar-refractivity contribution in [3.63, 3.8) is 0 Å². The second-order valence-electron chi connectivity index (χ2n) is 9.41. The first-order chi connectivity index (χ1) is 17.4. The maximum Gasteiger partial charge on any atom is 0.416 e. The molecule has 1 aliphatic carbocycles. The van der Waals surface area contributed by atoms with Gasteiger partial charge in [0, 0.05) is 25.3 Å². The number of benzene rings is 2. The average molecular weight is 516 g/mol. The lowest BCUT2D eigenvalue weighted by Crippen LogP contribution is -2.58. The molecule has 1 aromatic heterocycles. The number of imide groups is 1. The summed E-state index contributed by atoms with van der Waals surface area (Å²) >= 11 is 0. The van der Waals surface area contributed by atoms with E-state index in [0.29, 0.717) is 15.9 Å². The summed E-state index contributed by atoms with van der Waals surface area (Å²) in [4.78, 5) is 52.9. The summed E-state index contributed by atoms with van der Waals surface area (Å²) in [7, 11) is 1.63. The van der Waals surface area contributed by atoms with Crippen LogP contribution in [0.15, 0.2) is 41.2 Å². The highest BCUT2D eigenvalue weighted by Gasteiger charge is 2.44. The summed E-state index contributed by atoms with van der Waals surface area (Å²) in [5.41, 5.74) is 0.294. The van der Waals surface area contributed by atoms with Crippen LogP contribution in [0.3, 0.4) is 0 Å². The number of anilines is 1. The van der Waals surface area contributed by atoms with Gasteiger partial charge in [0.2, 0.25) is 5.91 Å². The monoisotopic (exact) mass is 516 g/mol. The largest absolute Gasteiger partial charge is 0.481 e. The molecule has 0 spiro atoms. The number of carbonyl (C=O) groups excluding carboxylic acids is 2. The van der Waals surface area contributed by atoms with Crippen molar-refractivity contribution >= 4 is 34.6 Å². The number of aryl methyl sites for hydroxylation is 1. The lowest BCUT2D eigenvalue weighted by Gasteiger charge is -2.37. The zero-order valence-electron chi connectivity index (χ0n) is 20.0. The summed E-state index contributed by atoms with van der Waals surface area (Å²) in [6.07, 6.45) is -2.95. The molecule has 1 aliphatic heterocycles. The minimum atomic E-state index is -4.63. The SMILES string of the molecule is Cc1c(CN2C(=O)C(C(=O)O)CN(c3ccc4c(c3)n(C3CC3)c(=O)n4C)C2=O)cccc1C(F)(F)F. The summed E-state index contributed by atoms with van der Waals surface area (Å²) in [6, 6.07) is 7.44. The summed E-state index contributed by atoms with van der Waals surface area (Å²) in [5, 5.41) is 9.70. The topological polar surface area (TPSA) is 105 Å². The van der Waals surface area contributed by atoms with Crippen molar-refractivity contribution in [1.29, 1.82) is 0 Å². The Kier molecular flexibility index (Phi) is 5.65. The van der Waals surface area contributed by atoms with Gasteiger partial charge in [0.1, 0.15) is 0 Å². The van der Waals surface area contributed by atoms with Gasteiger partial charge in [-0.25, -0.2) is 9.59 Å². The number of aliphatic carboxylic acids is 1. The van der Waals surface area contributed by atoms with Crippen LogP contribution < -0.4 is 10.6 Å². The molecule has 0 radical (unpaired) electrons. The van der Waals surface area contributed by atoms with Gasteiger partial charge in [0.15, 0.2) is 5.92 Å². The molecule has 0 bridgehead atoms. The third kappa shape index (κ3) is 4.05. The number of urea groups is 1. The van der Waals surface area contributed by atoms with Crippen molar-refractivity contribution in [1.82, 2.24) is 14.0 Å². The van der Waals surface area contributed by atoms with Gasteiger partial charge in [-0.2, -0.15) is 13.2 Å². The molecule has 2 fully saturated rings. The molecule has 3 amide bonds. The molecule has 2 aliphatic rings. The fourth-order valence-corrected chi connectivity index (χ4v) is 4.85. The second kappa shape index (κ2) is 8.49. The van der Waals surface area contributed by atoms with Crippen LogP contribution in [-0.2, 0) is 29.4 Å². The number of alkyl halides is 3. The zero-order chi connectivity index (χ0) is 26.8. The summed E-state index contributed by atoms with van der Waals surface area (Å²) in [5.74, 6) is -4.06. The normalized spacial score (nSPS) is 18.7. The van der Waals surface area contributed by atoms with Crippen LogP contribution in [0.4, 0.5) is 23.7 Å². The number of halogens is 3. The third-order valence-corrected chi connectivity index (χ3v) is 7.07. The van der Waals surface area contributed by atoms with Crippen LogP contribution in [-0.4, -0.2) is 43.6 Å². The van der Waals surface area contributed by atoms with E-state index in [1.807, 2.05) is 0 Å². The highest BCUT2D eigenvalue weighted by Crippen LogP contribution is 2.38. The average Bonchev–Trinajstić information content (AvgIpc) is 3.63. The van der Waals surface area contributed by atoms with Gasteiger partial charge in [-0.15, -0.1) is 0 Å². The van der Waals surface area contributed by atoms with E-state index in [1.54, 1.807) is 29.8 Å². The van der Waals surface area contributed by atoms with Crippen LogP contribution >= 0.6 is 0 Å². The first-order valence-electron chi connectivity index (χ1n) is 11.6. The predicted octanol–water partition coefficient (Wildman–Crippen LogP) is 3.67. The van der Waals surface area contributed by atoms with Crippen LogP contribution in [0, 0.1) is 12.8 Å². The molecule has 37 heavy (non-hydrogen) atoms. The Bertz CT molecular complexity index is 1520. The molecule has 1 N–H and O–H groups in total. The molecule has 1 saturated heterocycles. The number of amides is 3. The van der Waals surface area contributed by atoms with Crippen LogP contribution in [0.5, 0.6) is 0 Å². The van der Waals surface area contributed by atoms with E-state index in [0.717, 1.165) is 23.8 Å². The fraction of sp³-hybridized carbons (Fsp3) is 0.360. The molecule has 12 heteroatoms. The number of rotatable bonds is 5. The van der Waals surface area contributed by atoms with E-state index in [9.17, 15) is 37.5 Å². The van der Waals surface area contributed by atoms with Gasteiger partial charge >= 0.3 is 23.9 Å². The maximum absolute atomic E-state index is 13.5. The smallest absolute Gasteiger partial charge is 0.416 e. The number of carbonyl (C=O) groups is 3. The molecule has 1 saturated carbocycles. The molecule has 9 nitrogen and oxygen atoms in total. The minimum Gasteiger partial charge on any atom is -0.481 e. The number of carboxylic acid groups (broad SMARTS) is 1. The van der Waals surface area contributed by atoms with Crippen LogP contribution in [0.1, 0.15) is 35.6 Å². The van der Waals surface area contributed by atoms with Crippen molar-refractivity contribution < 1.29 is 32.7 Å². The molecule has 2 heterocycles. The van der Waals surface area contributed by atoms with E-state index >= 15 is 0 Å². The Hall–Kier alpha value is -4.09. The maximum atomic E-state index is 13.5. The van der Waals surface area contributed by atoms with Gasteiger partial charge in [-0.05, 0) is 55.2 Å². The number of fused-ring (bicyclic) bond motifs is 1. The first-order valence-corrected chi connectivity index (χ1v) is 11.6. The Morgan fingerprint density at radius 2 is 1.78 bits per heavy atom. The Labute approximate surface area is 208 Å². The summed E-state index contributed by atoms with van der Waals surface area (Å²) in [6.45, 7) is 0.273. The number of hydrogen-bond acceptors (Lipinski definition) is 4. The Balaban J connectivity index is 1.56. The van der Waals surface area contributed by atoms with E-state index < -0.39 is 48.7 Å². The Morgan fingerprint density at radius 3 is 2.41 bits per heavy atom. The molecule has 5 rings (SSSR count). The fourth-order valence-electron chi connectivity index (χ4n) is 4.85. The highest BCUT2D eigenvalue weighted by molar-refractivity contribution is 6.12. The molecule has 1 atom stereocenters. The standard InChI is InChI=1S/C25H23F3N4O5/c1-13-14(4-3-5-18(13)25(26,27)28)11-31-21(33)17(22(34)35)12-30(24(31)37)16-8-9-19-20(10-16)32(15-6-7-15)23(36)29(19)2/h3-5,8-10,15,17H,6-7,11-12H2,1-2H3,(H,34,35). The Morgan fingerprint density at radius 1 is 1.08 bits per heavy atom. The molecule has 194 valence electrons. The lowest BCUT2D eigenvalue weighted by molar-refractivity contribution is -0.150. The van der Waals surface area contributed by atoms with Gasteiger partial charge < -0.3 is 5.11 Å². The predicted molar refractivity (Wildman–Crippen MR) is 126 cm³/mol. The van der Waals surface area contributed by atoms with Crippen molar-refractivity contribution in [2.45, 2.75) is 38.5 Å². The van der Waals surface area contributed by atoms with Gasteiger partial charge in [0.05, 0.1) is 23.1 Å². The second-order valence-corrected chi connectivity index (χ2v) is 9.41. The first kappa shape index (κ1) is 24.6. The third-order valence-electron chi connectivity index (χ3n) is 7.07. The van der Waals surface area contributed by atoms with Gasteiger partial charge in [-0.3, -0.25) is 28.5 Å². The quantitative estimate of drug-likeness (QED) is 0.521.